The third-order valence-electron chi connectivity index (χ3n) is 3.97. The Bertz CT molecular complexity index is 314. The van der Waals surface area contributed by atoms with Gasteiger partial charge in [-0.2, -0.15) is 0 Å². The van der Waals surface area contributed by atoms with Crippen LogP contribution in [0.1, 0.15) is 46.0 Å². The summed E-state index contributed by atoms with van der Waals surface area (Å²) in [5.41, 5.74) is -0.109. The molecule has 16 heavy (non-hydrogen) atoms. The molecule has 1 heterocycles. The SMILES string of the molecule is CC(C)C1CCC2(CC1)CC(C(=O)O)=NO2. The van der Waals surface area contributed by atoms with E-state index in [0.717, 1.165) is 31.6 Å². The predicted molar refractivity (Wildman–Crippen MR) is 60.3 cm³/mol. The van der Waals surface area contributed by atoms with Gasteiger partial charge in [0.15, 0.2) is 5.71 Å². The lowest BCUT2D eigenvalue weighted by atomic mass is 9.73. The van der Waals surface area contributed by atoms with Gasteiger partial charge < -0.3 is 9.94 Å². The first-order valence-electron chi connectivity index (χ1n) is 6.01. The summed E-state index contributed by atoms with van der Waals surface area (Å²) in [7, 11) is 0. The van der Waals surface area contributed by atoms with Crippen molar-refractivity contribution in [1.82, 2.24) is 0 Å². The highest BCUT2D eigenvalue weighted by molar-refractivity contribution is 6.36. The van der Waals surface area contributed by atoms with Crippen LogP contribution in [0.5, 0.6) is 0 Å². The van der Waals surface area contributed by atoms with E-state index in [1.807, 2.05) is 0 Å². The smallest absolute Gasteiger partial charge is 0.353 e. The van der Waals surface area contributed by atoms with Gasteiger partial charge in [-0.25, -0.2) is 4.79 Å². The Labute approximate surface area is 95.7 Å². The van der Waals surface area contributed by atoms with Crippen molar-refractivity contribution in [1.29, 1.82) is 0 Å². The number of oxime groups is 1. The maximum atomic E-state index is 10.8. The minimum absolute atomic E-state index is 0.183. The lowest BCUT2D eigenvalue weighted by Crippen LogP contribution is -2.36. The molecular formula is C12H19NO3. The van der Waals surface area contributed by atoms with E-state index in [9.17, 15) is 4.79 Å². The molecule has 1 spiro atoms. The lowest BCUT2D eigenvalue weighted by Gasteiger charge is -2.36. The van der Waals surface area contributed by atoms with Gasteiger partial charge in [0.05, 0.1) is 0 Å². The molecular weight excluding hydrogens is 206 g/mol. The molecule has 1 fully saturated rings. The topological polar surface area (TPSA) is 58.9 Å². The minimum Gasteiger partial charge on any atom is -0.477 e. The average molecular weight is 225 g/mol. The minimum atomic E-state index is -0.942. The number of aliphatic carboxylic acids is 1. The van der Waals surface area contributed by atoms with Crippen molar-refractivity contribution >= 4 is 11.7 Å². The van der Waals surface area contributed by atoms with Gasteiger partial charge in [-0.1, -0.05) is 19.0 Å². The summed E-state index contributed by atoms with van der Waals surface area (Å²) in [4.78, 5) is 16.2. The maximum absolute atomic E-state index is 10.8. The largest absolute Gasteiger partial charge is 0.477 e. The molecule has 1 aliphatic heterocycles. The van der Waals surface area contributed by atoms with Crippen LogP contribution in [0.2, 0.25) is 0 Å². The number of carboxylic acids is 1. The molecule has 1 saturated carbocycles. The average Bonchev–Trinajstić information content (AvgIpc) is 2.63. The Morgan fingerprint density at radius 3 is 2.56 bits per heavy atom. The van der Waals surface area contributed by atoms with Gasteiger partial charge in [0.1, 0.15) is 5.60 Å². The van der Waals surface area contributed by atoms with E-state index >= 15 is 0 Å². The van der Waals surface area contributed by atoms with Crippen LogP contribution in [-0.2, 0) is 9.63 Å². The van der Waals surface area contributed by atoms with E-state index in [0.29, 0.717) is 12.3 Å². The predicted octanol–water partition coefficient (Wildman–Crippen LogP) is 2.43. The molecule has 0 bridgehead atoms. The van der Waals surface area contributed by atoms with Crippen LogP contribution in [0.4, 0.5) is 0 Å². The number of carboxylic acid groups (broad SMARTS) is 1. The molecule has 1 aliphatic carbocycles. The first-order chi connectivity index (χ1) is 7.52. The molecule has 0 aromatic heterocycles. The van der Waals surface area contributed by atoms with E-state index in [2.05, 4.69) is 19.0 Å². The Morgan fingerprint density at radius 2 is 2.12 bits per heavy atom. The van der Waals surface area contributed by atoms with Crippen LogP contribution in [0.3, 0.4) is 0 Å². The van der Waals surface area contributed by atoms with Crippen molar-refractivity contribution in [2.45, 2.75) is 51.6 Å². The van der Waals surface area contributed by atoms with Crippen LogP contribution in [-0.4, -0.2) is 22.4 Å². The Hall–Kier alpha value is -1.06. The quantitative estimate of drug-likeness (QED) is 0.785. The highest BCUT2D eigenvalue weighted by atomic mass is 16.7. The van der Waals surface area contributed by atoms with Crippen molar-refractivity contribution in [3.05, 3.63) is 0 Å². The second kappa shape index (κ2) is 4.07. The van der Waals surface area contributed by atoms with E-state index < -0.39 is 5.97 Å². The molecule has 90 valence electrons. The third kappa shape index (κ3) is 2.06. The van der Waals surface area contributed by atoms with Crippen LogP contribution in [0.15, 0.2) is 5.16 Å². The van der Waals surface area contributed by atoms with Crippen molar-refractivity contribution < 1.29 is 14.7 Å². The molecule has 0 amide bonds. The fraction of sp³-hybridized carbons (Fsp3) is 0.833. The van der Waals surface area contributed by atoms with Gasteiger partial charge in [-0.05, 0) is 37.5 Å². The van der Waals surface area contributed by atoms with Gasteiger partial charge in [0, 0.05) is 6.42 Å². The molecule has 2 aliphatic rings. The van der Waals surface area contributed by atoms with E-state index in [1.54, 1.807) is 0 Å². The van der Waals surface area contributed by atoms with Crippen molar-refractivity contribution in [3.8, 4) is 0 Å². The Balaban J connectivity index is 1.93. The molecule has 0 atom stereocenters. The van der Waals surface area contributed by atoms with Crippen LogP contribution in [0.25, 0.3) is 0 Å². The summed E-state index contributed by atoms with van der Waals surface area (Å²) in [5.74, 6) is 0.518. The fourth-order valence-electron chi connectivity index (χ4n) is 2.74. The van der Waals surface area contributed by atoms with E-state index in [1.165, 1.54) is 0 Å². The normalized spacial score (nSPS) is 33.9. The summed E-state index contributed by atoms with van der Waals surface area (Å²) < 4.78 is 0. The molecule has 0 aromatic rings. The lowest BCUT2D eigenvalue weighted by molar-refractivity contribution is -0.129. The fourth-order valence-corrected chi connectivity index (χ4v) is 2.74. The van der Waals surface area contributed by atoms with Crippen molar-refractivity contribution in [2.24, 2.45) is 17.0 Å². The molecule has 0 saturated heterocycles. The standard InChI is InChI=1S/C12H19NO3/c1-8(2)9-3-5-12(6-4-9)7-10(11(14)15)13-16-12/h8-9H,3-7H2,1-2H3,(H,14,15). The van der Waals surface area contributed by atoms with Crippen LogP contribution < -0.4 is 0 Å². The van der Waals surface area contributed by atoms with Gasteiger partial charge >= 0.3 is 5.97 Å². The molecule has 1 N–H and O–H groups in total. The summed E-state index contributed by atoms with van der Waals surface area (Å²) in [5, 5.41) is 12.6. The zero-order valence-electron chi connectivity index (χ0n) is 9.90. The molecule has 4 heteroatoms. The molecule has 4 nitrogen and oxygen atoms in total. The maximum Gasteiger partial charge on any atom is 0.353 e. The van der Waals surface area contributed by atoms with Gasteiger partial charge in [0.25, 0.3) is 0 Å². The Morgan fingerprint density at radius 1 is 1.50 bits per heavy atom. The van der Waals surface area contributed by atoms with Gasteiger partial charge in [-0.15, -0.1) is 0 Å². The highest BCUT2D eigenvalue weighted by Gasteiger charge is 2.44. The van der Waals surface area contributed by atoms with Crippen LogP contribution >= 0.6 is 0 Å². The number of hydrogen-bond donors (Lipinski definition) is 1. The van der Waals surface area contributed by atoms with Crippen LogP contribution in [0, 0.1) is 11.8 Å². The van der Waals surface area contributed by atoms with Gasteiger partial charge in [-0.3, -0.25) is 0 Å². The molecule has 0 radical (unpaired) electrons. The second-order valence-corrected chi connectivity index (χ2v) is 5.38. The zero-order chi connectivity index (χ0) is 11.8. The van der Waals surface area contributed by atoms with E-state index in [-0.39, 0.29) is 11.3 Å². The summed E-state index contributed by atoms with van der Waals surface area (Å²) in [6.45, 7) is 4.49. The summed E-state index contributed by atoms with van der Waals surface area (Å²) in [6, 6.07) is 0. The summed E-state index contributed by atoms with van der Waals surface area (Å²) >= 11 is 0. The highest BCUT2D eigenvalue weighted by Crippen LogP contribution is 2.42. The van der Waals surface area contributed by atoms with E-state index in [4.69, 9.17) is 9.94 Å². The first kappa shape index (κ1) is 11.4. The molecule has 2 rings (SSSR count). The zero-order valence-corrected chi connectivity index (χ0v) is 9.90. The number of nitrogens with zero attached hydrogens (tertiary/aromatic N) is 1. The van der Waals surface area contributed by atoms with Crippen molar-refractivity contribution in [3.63, 3.8) is 0 Å². The summed E-state index contributed by atoms with van der Waals surface area (Å²) in [6.07, 6.45) is 4.61. The Kier molecular flexibility index (Phi) is 2.91. The number of carbonyl (C=O) groups is 1. The monoisotopic (exact) mass is 225 g/mol. The van der Waals surface area contributed by atoms with Crippen molar-refractivity contribution in [2.75, 3.05) is 0 Å². The number of rotatable bonds is 2. The molecule has 0 unspecified atom stereocenters. The third-order valence-corrected chi connectivity index (χ3v) is 3.97. The first-order valence-corrected chi connectivity index (χ1v) is 6.01. The van der Waals surface area contributed by atoms with Gasteiger partial charge in [0.2, 0.25) is 0 Å². The second-order valence-electron chi connectivity index (χ2n) is 5.38. The molecule has 0 aromatic carbocycles. The number of hydrogen-bond acceptors (Lipinski definition) is 3.